The topological polar surface area (TPSA) is 59.1 Å². The van der Waals surface area contributed by atoms with Crippen molar-refractivity contribution in [2.24, 2.45) is 5.92 Å². The molecule has 1 aromatic carbocycles. The number of rotatable bonds is 6. The Kier molecular flexibility index (Phi) is 6.83. The molecule has 0 bridgehead atoms. The second-order valence-corrected chi connectivity index (χ2v) is 7.49. The second kappa shape index (κ2) is 9.32. The predicted octanol–water partition coefficient (Wildman–Crippen LogP) is 3.23. The molecule has 1 aliphatic heterocycles. The van der Waals surface area contributed by atoms with Crippen molar-refractivity contribution in [2.45, 2.75) is 26.2 Å². The summed E-state index contributed by atoms with van der Waals surface area (Å²) in [6, 6.07) is 3.53. The highest BCUT2D eigenvalue weighted by atomic mass is 35.5. The number of methoxy groups -OCH3 is 1. The quantitative estimate of drug-likeness (QED) is 0.680. The molecule has 1 saturated heterocycles. The first-order valence-electron chi connectivity index (χ1n) is 9.79. The number of nitrogens with zero attached hydrogens (tertiary/aromatic N) is 2. The van der Waals surface area contributed by atoms with E-state index in [1.165, 1.54) is 6.08 Å². The lowest BCUT2D eigenvalue weighted by molar-refractivity contribution is -0.142. The molecule has 0 aromatic heterocycles. The van der Waals surface area contributed by atoms with Crippen LogP contribution >= 0.6 is 11.6 Å². The van der Waals surface area contributed by atoms with Crippen LogP contribution in [0, 0.1) is 5.92 Å². The Morgan fingerprint density at radius 1 is 1.18 bits per heavy atom. The minimum atomic E-state index is -0.0697. The van der Waals surface area contributed by atoms with Gasteiger partial charge in [0.15, 0.2) is 11.5 Å². The summed E-state index contributed by atoms with van der Waals surface area (Å²) in [6.45, 7) is 4.71. The van der Waals surface area contributed by atoms with Crippen molar-refractivity contribution in [3.63, 3.8) is 0 Å². The van der Waals surface area contributed by atoms with Crippen LogP contribution in [0.4, 0.5) is 0 Å². The van der Waals surface area contributed by atoms with Crippen LogP contribution in [-0.2, 0) is 9.59 Å². The fourth-order valence-corrected chi connectivity index (χ4v) is 3.73. The van der Waals surface area contributed by atoms with Gasteiger partial charge in [-0.15, -0.1) is 0 Å². The highest BCUT2D eigenvalue weighted by Crippen LogP contribution is 2.36. The van der Waals surface area contributed by atoms with Crippen molar-refractivity contribution in [3.8, 4) is 11.5 Å². The number of carbonyl (C=O) groups excluding carboxylic acids is 2. The van der Waals surface area contributed by atoms with Gasteiger partial charge in [0.05, 0.1) is 18.7 Å². The maximum Gasteiger partial charge on any atom is 0.246 e. The Balaban J connectivity index is 1.58. The van der Waals surface area contributed by atoms with Crippen molar-refractivity contribution < 1.29 is 19.1 Å². The first-order chi connectivity index (χ1) is 13.5. The van der Waals surface area contributed by atoms with Crippen LogP contribution in [0.5, 0.6) is 11.5 Å². The maximum absolute atomic E-state index is 12.5. The van der Waals surface area contributed by atoms with E-state index in [0.29, 0.717) is 49.3 Å². The van der Waals surface area contributed by atoms with Crippen LogP contribution in [0.3, 0.4) is 0 Å². The molecule has 3 rings (SSSR count). The van der Waals surface area contributed by atoms with E-state index in [-0.39, 0.29) is 17.7 Å². The van der Waals surface area contributed by atoms with Crippen LogP contribution in [0.2, 0.25) is 5.02 Å². The van der Waals surface area contributed by atoms with Gasteiger partial charge in [0.1, 0.15) is 0 Å². The number of piperazine rings is 1. The average Bonchev–Trinajstić information content (AvgIpc) is 2.66. The van der Waals surface area contributed by atoms with E-state index in [2.05, 4.69) is 0 Å². The molecule has 2 aliphatic rings. The molecule has 1 aromatic rings. The van der Waals surface area contributed by atoms with Gasteiger partial charge in [0.2, 0.25) is 11.8 Å². The summed E-state index contributed by atoms with van der Waals surface area (Å²) in [5.41, 5.74) is 0.762. The summed E-state index contributed by atoms with van der Waals surface area (Å²) in [6.07, 6.45) is 6.43. The lowest BCUT2D eigenvalue weighted by Gasteiger charge is -2.37. The van der Waals surface area contributed by atoms with E-state index < -0.39 is 0 Å². The monoisotopic (exact) mass is 406 g/mol. The van der Waals surface area contributed by atoms with E-state index in [4.69, 9.17) is 21.1 Å². The Morgan fingerprint density at radius 3 is 2.43 bits per heavy atom. The summed E-state index contributed by atoms with van der Waals surface area (Å²) in [4.78, 5) is 28.5. The van der Waals surface area contributed by atoms with E-state index in [0.717, 1.165) is 24.8 Å². The summed E-state index contributed by atoms with van der Waals surface area (Å²) >= 11 is 6.27. The van der Waals surface area contributed by atoms with Crippen molar-refractivity contribution >= 4 is 29.5 Å². The minimum absolute atomic E-state index is 0.0697. The van der Waals surface area contributed by atoms with E-state index in [1.807, 2.05) is 11.8 Å². The minimum Gasteiger partial charge on any atom is -0.493 e. The van der Waals surface area contributed by atoms with Crippen molar-refractivity contribution in [1.82, 2.24) is 9.80 Å². The third-order valence-corrected chi connectivity index (χ3v) is 5.60. The molecule has 152 valence electrons. The first kappa shape index (κ1) is 20.5. The standard InChI is InChI=1S/C21H27ClN2O4/c1-3-28-20-17(22)13-15(14-18(20)27-2)7-8-19(25)23-9-11-24(12-10-23)21(26)16-5-4-6-16/h7-8,13-14,16H,3-6,9-12H2,1-2H3/b8-7+. The molecule has 2 amide bonds. The van der Waals surface area contributed by atoms with Crippen LogP contribution < -0.4 is 9.47 Å². The van der Waals surface area contributed by atoms with E-state index in [1.54, 1.807) is 30.2 Å². The van der Waals surface area contributed by atoms with Gasteiger partial charge in [-0.05, 0) is 43.5 Å². The summed E-state index contributed by atoms with van der Waals surface area (Å²) in [5, 5.41) is 0.441. The summed E-state index contributed by atoms with van der Waals surface area (Å²) < 4.78 is 10.8. The fourth-order valence-electron chi connectivity index (χ4n) is 3.45. The highest BCUT2D eigenvalue weighted by molar-refractivity contribution is 6.32. The number of carbonyl (C=O) groups is 2. The van der Waals surface area contributed by atoms with E-state index >= 15 is 0 Å². The Hall–Kier alpha value is -2.21. The number of amides is 2. The summed E-state index contributed by atoms with van der Waals surface area (Å²) in [5.74, 6) is 1.43. The molecule has 28 heavy (non-hydrogen) atoms. The van der Waals surface area contributed by atoms with Crippen LogP contribution in [0.15, 0.2) is 18.2 Å². The molecular weight excluding hydrogens is 380 g/mol. The smallest absolute Gasteiger partial charge is 0.246 e. The van der Waals surface area contributed by atoms with Gasteiger partial charge in [-0.2, -0.15) is 0 Å². The number of ether oxygens (including phenoxy) is 2. The van der Waals surface area contributed by atoms with Crippen molar-refractivity contribution in [1.29, 1.82) is 0 Å². The third kappa shape index (κ3) is 4.61. The number of hydrogen-bond donors (Lipinski definition) is 0. The zero-order valence-corrected chi connectivity index (χ0v) is 17.2. The van der Waals surface area contributed by atoms with Crippen LogP contribution in [0.1, 0.15) is 31.7 Å². The molecule has 7 heteroatoms. The highest BCUT2D eigenvalue weighted by Gasteiger charge is 2.31. The van der Waals surface area contributed by atoms with Gasteiger partial charge in [-0.3, -0.25) is 9.59 Å². The molecule has 1 aliphatic carbocycles. The molecule has 0 radical (unpaired) electrons. The number of halogens is 1. The zero-order valence-electron chi connectivity index (χ0n) is 16.4. The van der Waals surface area contributed by atoms with Gasteiger partial charge in [0.25, 0.3) is 0 Å². The van der Waals surface area contributed by atoms with Crippen LogP contribution in [0.25, 0.3) is 6.08 Å². The second-order valence-electron chi connectivity index (χ2n) is 7.08. The molecule has 0 atom stereocenters. The molecule has 1 saturated carbocycles. The lowest BCUT2D eigenvalue weighted by atomic mass is 9.84. The Labute approximate surface area is 171 Å². The first-order valence-corrected chi connectivity index (χ1v) is 10.2. The molecular formula is C21H27ClN2O4. The zero-order chi connectivity index (χ0) is 20.1. The normalized spacial score (nSPS) is 17.5. The van der Waals surface area contributed by atoms with Crippen molar-refractivity contribution in [2.75, 3.05) is 39.9 Å². The molecule has 6 nitrogen and oxygen atoms in total. The molecule has 2 fully saturated rings. The predicted molar refractivity (Wildman–Crippen MR) is 109 cm³/mol. The van der Waals surface area contributed by atoms with Gasteiger partial charge >= 0.3 is 0 Å². The lowest BCUT2D eigenvalue weighted by Crippen LogP contribution is -2.52. The van der Waals surface area contributed by atoms with Gasteiger partial charge in [0, 0.05) is 38.2 Å². The van der Waals surface area contributed by atoms with E-state index in [9.17, 15) is 9.59 Å². The van der Waals surface area contributed by atoms with Gasteiger partial charge in [-0.25, -0.2) is 0 Å². The Bertz CT molecular complexity index is 753. The molecule has 1 heterocycles. The molecule has 0 unspecified atom stereocenters. The maximum atomic E-state index is 12.5. The summed E-state index contributed by atoms with van der Waals surface area (Å²) in [7, 11) is 1.55. The SMILES string of the molecule is CCOc1c(Cl)cc(/C=C/C(=O)N2CCN(C(=O)C3CCC3)CC2)cc1OC. The fraction of sp³-hybridized carbons (Fsp3) is 0.524. The number of hydrogen-bond acceptors (Lipinski definition) is 4. The number of benzene rings is 1. The molecule has 0 spiro atoms. The largest absolute Gasteiger partial charge is 0.493 e. The van der Waals surface area contributed by atoms with Crippen molar-refractivity contribution in [3.05, 3.63) is 28.8 Å². The Morgan fingerprint density at radius 2 is 1.86 bits per heavy atom. The van der Waals surface area contributed by atoms with Gasteiger partial charge in [-0.1, -0.05) is 18.0 Å². The third-order valence-electron chi connectivity index (χ3n) is 5.32. The van der Waals surface area contributed by atoms with Crippen LogP contribution in [-0.4, -0.2) is 61.5 Å². The van der Waals surface area contributed by atoms with Gasteiger partial charge < -0.3 is 19.3 Å². The average molecular weight is 407 g/mol. The molecule has 0 N–H and O–H groups in total.